The van der Waals surface area contributed by atoms with Gasteiger partial charge >= 0.3 is 0 Å². The third-order valence-corrected chi connectivity index (χ3v) is 3.68. The van der Waals surface area contributed by atoms with Crippen molar-refractivity contribution in [3.05, 3.63) is 42.2 Å². The van der Waals surface area contributed by atoms with E-state index in [1.807, 2.05) is 6.07 Å². The van der Waals surface area contributed by atoms with Gasteiger partial charge in [-0.15, -0.1) is 0 Å². The minimum atomic E-state index is 0.644. The van der Waals surface area contributed by atoms with Crippen LogP contribution in [0.25, 0.3) is 0 Å². The van der Waals surface area contributed by atoms with Gasteiger partial charge in [-0.3, -0.25) is 0 Å². The quantitative estimate of drug-likeness (QED) is 0.902. The van der Waals surface area contributed by atoms with E-state index in [0.29, 0.717) is 5.95 Å². The lowest BCUT2D eigenvalue weighted by Crippen LogP contribution is -2.21. The number of rotatable bonds is 5. The molecule has 1 aliphatic heterocycles. The maximum absolute atomic E-state index is 4.20. The molecule has 0 unspecified atom stereocenters. The standard InChI is InChI=1S/C16H20N4/c1-2-3-10-20-11-7-13-5-6-14(12-15(13)20)19-16-17-8-4-9-18-16/h4-6,8-9,12H,2-3,7,10-11H2,1H3,(H,17,18,19). The average molecular weight is 268 g/mol. The molecule has 1 aliphatic rings. The van der Waals surface area contributed by atoms with Crippen molar-refractivity contribution >= 4 is 17.3 Å². The highest BCUT2D eigenvalue weighted by molar-refractivity contribution is 5.67. The van der Waals surface area contributed by atoms with Gasteiger partial charge in [0.05, 0.1) is 0 Å². The molecule has 4 heteroatoms. The van der Waals surface area contributed by atoms with Crippen molar-refractivity contribution in [2.45, 2.75) is 26.2 Å². The lowest BCUT2D eigenvalue weighted by atomic mass is 10.1. The first-order valence-corrected chi connectivity index (χ1v) is 7.29. The zero-order valence-corrected chi connectivity index (χ0v) is 11.8. The number of nitrogens with zero attached hydrogens (tertiary/aromatic N) is 3. The molecule has 0 radical (unpaired) electrons. The number of nitrogens with one attached hydrogen (secondary N) is 1. The summed E-state index contributed by atoms with van der Waals surface area (Å²) in [6.45, 7) is 4.52. The highest BCUT2D eigenvalue weighted by Gasteiger charge is 2.18. The van der Waals surface area contributed by atoms with Crippen LogP contribution in [-0.4, -0.2) is 23.1 Å². The van der Waals surface area contributed by atoms with Crippen LogP contribution in [0, 0.1) is 0 Å². The molecule has 0 aliphatic carbocycles. The second kappa shape index (κ2) is 5.90. The van der Waals surface area contributed by atoms with Crippen LogP contribution in [0.2, 0.25) is 0 Å². The Morgan fingerprint density at radius 2 is 2.10 bits per heavy atom. The summed E-state index contributed by atoms with van der Waals surface area (Å²) in [6.07, 6.45) is 7.13. The smallest absolute Gasteiger partial charge is 0.227 e. The van der Waals surface area contributed by atoms with Crippen LogP contribution in [0.5, 0.6) is 0 Å². The summed E-state index contributed by atoms with van der Waals surface area (Å²) < 4.78 is 0. The molecule has 1 N–H and O–H groups in total. The SMILES string of the molecule is CCCCN1CCc2ccc(Nc3ncccn3)cc21. The summed E-state index contributed by atoms with van der Waals surface area (Å²) in [5.41, 5.74) is 3.86. The summed E-state index contributed by atoms with van der Waals surface area (Å²) in [5, 5.41) is 3.26. The molecular weight excluding hydrogens is 248 g/mol. The molecule has 0 amide bonds. The van der Waals surface area contributed by atoms with E-state index in [0.717, 1.165) is 25.2 Å². The molecule has 20 heavy (non-hydrogen) atoms. The molecule has 1 aromatic heterocycles. The van der Waals surface area contributed by atoms with Gasteiger partial charge in [0.1, 0.15) is 0 Å². The molecular formula is C16H20N4. The Labute approximate surface area is 119 Å². The Hall–Kier alpha value is -2.10. The number of benzene rings is 1. The maximum Gasteiger partial charge on any atom is 0.227 e. The molecule has 2 aromatic rings. The van der Waals surface area contributed by atoms with Gasteiger partial charge in [0, 0.05) is 36.9 Å². The molecule has 104 valence electrons. The highest BCUT2D eigenvalue weighted by atomic mass is 15.1. The Kier molecular flexibility index (Phi) is 3.81. The summed E-state index contributed by atoms with van der Waals surface area (Å²) in [4.78, 5) is 10.9. The first kappa shape index (κ1) is 12.9. The van der Waals surface area contributed by atoms with Gasteiger partial charge in [0.15, 0.2) is 0 Å². The van der Waals surface area contributed by atoms with Gasteiger partial charge in [-0.05, 0) is 36.6 Å². The number of unbranched alkanes of at least 4 members (excludes halogenated alkanes) is 1. The van der Waals surface area contributed by atoms with Gasteiger partial charge < -0.3 is 10.2 Å². The van der Waals surface area contributed by atoms with Crippen LogP contribution in [0.1, 0.15) is 25.3 Å². The molecule has 0 atom stereocenters. The van der Waals surface area contributed by atoms with Crippen molar-refractivity contribution in [2.75, 3.05) is 23.3 Å². The topological polar surface area (TPSA) is 41.0 Å². The van der Waals surface area contributed by atoms with E-state index in [2.05, 4.69) is 45.3 Å². The number of anilines is 3. The molecule has 3 rings (SSSR count). The molecule has 1 aromatic carbocycles. The fraction of sp³-hybridized carbons (Fsp3) is 0.375. The van der Waals surface area contributed by atoms with E-state index < -0.39 is 0 Å². The second-order valence-corrected chi connectivity index (χ2v) is 5.13. The van der Waals surface area contributed by atoms with E-state index in [1.54, 1.807) is 12.4 Å². The molecule has 0 fully saturated rings. The second-order valence-electron chi connectivity index (χ2n) is 5.13. The summed E-state index contributed by atoms with van der Waals surface area (Å²) in [7, 11) is 0. The van der Waals surface area contributed by atoms with Crippen molar-refractivity contribution in [3.8, 4) is 0 Å². The third kappa shape index (κ3) is 2.74. The predicted molar refractivity (Wildman–Crippen MR) is 82.6 cm³/mol. The van der Waals surface area contributed by atoms with E-state index in [4.69, 9.17) is 0 Å². The Balaban J connectivity index is 1.78. The van der Waals surface area contributed by atoms with Gasteiger partial charge in [-0.2, -0.15) is 0 Å². The van der Waals surface area contributed by atoms with Crippen LogP contribution < -0.4 is 10.2 Å². The van der Waals surface area contributed by atoms with E-state index in [1.165, 1.54) is 24.1 Å². The molecule has 0 spiro atoms. The average Bonchev–Trinajstić information content (AvgIpc) is 2.89. The number of hydrogen-bond donors (Lipinski definition) is 1. The van der Waals surface area contributed by atoms with Crippen LogP contribution in [0.3, 0.4) is 0 Å². The van der Waals surface area contributed by atoms with Crippen molar-refractivity contribution < 1.29 is 0 Å². The van der Waals surface area contributed by atoms with Crippen molar-refractivity contribution in [1.29, 1.82) is 0 Å². The molecule has 0 saturated carbocycles. The highest BCUT2D eigenvalue weighted by Crippen LogP contribution is 2.31. The zero-order valence-electron chi connectivity index (χ0n) is 11.8. The van der Waals surface area contributed by atoms with Crippen molar-refractivity contribution in [3.63, 3.8) is 0 Å². The maximum atomic E-state index is 4.20. The number of hydrogen-bond acceptors (Lipinski definition) is 4. The molecule has 0 bridgehead atoms. The molecule has 2 heterocycles. The lowest BCUT2D eigenvalue weighted by molar-refractivity contribution is 0.736. The Bertz CT molecular complexity index is 568. The van der Waals surface area contributed by atoms with Crippen LogP contribution in [0.15, 0.2) is 36.7 Å². The normalized spacial score (nSPS) is 13.3. The van der Waals surface area contributed by atoms with E-state index >= 15 is 0 Å². The first-order valence-electron chi connectivity index (χ1n) is 7.29. The zero-order chi connectivity index (χ0) is 13.8. The number of aromatic nitrogens is 2. The largest absolute Gasteiger partial charge is 0.371 e. The lowest BCUT2D eigenvalue weighted by Gasteiger charge is -2.19. The van der Waals surface area contributed by atoms with Crippen molar-refractivity contribution in [1.82, 2.24) is 9.97 Å². The predicted octanol–water partition coefficient (Wildman–Crippen LogP) is 3.38. The summed E-state index contributed by atoms with van der Waals surface area (Å²) in [5.74, 6) is 0.644. The summed E-state index contributed by atoms with van der Waals surface area (Å²) in [6, 6.07) is 8.36. The van der Waals surface area contributed by atoms with E-state index in [-0.39, 0.29) is 0 Å². The van der Waals surface area contributed by atoms with Gasteiger partial charge in [-0.25, -0.2) is 9.97 Å². The monoisotopic (exact) mass is 268 g/mol. The number of fused-ring (bicyclic) bond motifs is 1. The van der Waals surface area contributed by atoms with Crippen LogP contribution >= 0.6 is 0 Å². The minimum Gasteiger partial charge on any atom is -0.371 e. The first-order chi connectivity index (χ1) is 9.86. The Morgan fingerprint density at radius 3 is 2.90 bits per heavy atom. The van der Waals surface area contributed by atoms with Crippen LogP contribution in [0.4, 0.5) is 17.3 Å². The van der Waals surface area contributed by atoms with Crippen LogP contribution in [-0.2, 0) is 6.42 Å². The van der Waals surface area contributed by atoms with Gasteiger partial charge in [0.2, 0.25) is 5.95 Å². The van der Waals surface area contributed by atoms with E-state index in [9.17, 15) is 0 Å². The fourth-order valence-electron chi connectivity index (χ4n) is 2.60. The van der Waals surface area contributed by atoms with Crippen molar-refractivity contribution in [2.24, 2.45) is 0 Å². The molecule has 4 nitrogen and oxygen atoms in total. The third-order valence-electron chi connectivity index (χ3n) is 3.68. The fourth-order valence-corrected chi connectivity index (χ4v) is 2.60. The van der Waals surface area contributed by atoms with Gasteiger partial charge in [0.25, 0.3) is 0 Å². The van der Waals surface area contributed by atoms with Gasteiger partial charge in [-0.1, -0.05) is 19.4 Å². The Morgan fingerprint density at radius 1 is 1.25 bits per heavy atom. The summed E-state index contributed by atoms with van der Waals surface area (Å²) >= 11 is 0. The minimum absolute atomic E-state index is 0.644. The molecule has 0 saturated heterocycles.